The number of nitrogens with one attached hydrogen (secondary N) is 2. The first kappa shape index (κ1) is 19.4. The van der Waals surface area contributed by atoms with Gasteiger partial charge in [0.1, 0.15) is 0 Å². The Labute approximate surface area is 155 Å². The second-order valence-electron chi connectivity index (χ2n) is 6.87. The maximum absolute atomic E-state index is 11.7. The summed E-state index contributed by atoms with van der Waals surface area (Å²) in [6, 6.07) is 15.4. The van der Waals surface area contributed by atoms with Gasteiger partial charge in [-0.05, 0) is 35.4 Å². The highest BCUT2D eigenvalue weighted by Crippen LogP contribution is 2.16. The number of carbonyl (C=O) groups excluding carboxylic acids is 2. The third-order valence-electron chi connectivity index (χ3n) is 3.87. The fourth-order valence-electron chi connectivity index (χ4n) is 2.12. The van der Waals surface area contributed by atoms with Gasteiger partial charge in [-0.15, -0.1) is 0 Å². The number of amides is 2. The van der Waals surface area contributed by atoms with Crippen LogP contribution in [0.5, 0.6) is 0 Å². The van der Waals surface area contributed by atoms with Crippen molar-refractivity contribution in [1.82, 2.24) is 0 Å². The molecule has 4 heteroatoms. The molecule has 0 radical (unpaired) electrons. The average Bonchev–Trinajstić information content (AvgIpc) is 2.62. The molecule has 26 heavy (non-hydrogen) atoms. The lowest BCUT2D eigenvalue weighted by Gasteiger charge is -2.08. The van der Waals surface area contributed by atoms with E-state index in [0.717, 1.165) is 22.5 Å². The highest BCUT2D eigenvalue weighted by molar-refractivity contribution is 5.92. The summed E-state index contributed by atoms with van der Waals surface area (Å²) in [6.07, 6.45) is 4.02. The van der Waals surface area contributed by atoms with Gasteiger partial charge in [-0.2, -0.15) is 0 Å². The third-order valence-corrected chi connectivity index (χ3v) is 3.87. The highest BCUT2D eigenvalue weighted by Gasteiger charge is 2.07. The van der Waals surface area contributed by atoms with Crippen LogP contribution in [0.3, 0.4) is 0 Å². The number of benzene rings is 2. The molecule has 2 amide bonds. The van der Waals surface area contributed by atoms with Crippen molar-refractivity contribution in [3.05, 3.63) is 59.7 Å². The molecule has 0 aliphatic carbocycles. The van der Waals surface area contributed by atoms with E-state index < -0.39 is 0 Å². The molecule has 2 aromatic rings. The van der Waals surface area contributed by atoms with Gasteiger partial charge < -0.3 is 10.6 Å². The van der Waals surface area contributed by atoms with Crippen LogP contribution in [0.4, 0.5) is 11.4 Å². The van der Waals surface area contributed by atoms with Gasteiger partial charge in [-0.3, -0.25) is 9.59 Å². The van der Waals surface area contributed by atoms with Crippen LogP contribution < -0.4 is 10.6 Å². The summed E-state index contributed by atoms with van der Waals surface area (Å²) in [4.78, 5) is 23.4. The molecule has 0 saturated carbocycles. The first-order valence-electron chi connectivity index (χ1n) is 8.85. The van der Waals surface area contributed by atoms with Crippen LogP contribution in [0.25, 0.3) is 12.2 Å². The van der Waals surface area contributed by atoms with Crippen molar-refractivity contribution in [3.8, 4) is 0 Å². The highest BCUT2D eigenvalue weighted by atomic mass is 16.2. The van der Waals surface area contributed by atoms with E-state index in [2.05, 4.69) is 10.6 Å². The van der Waals surface area contributed by atoms with E-state index >= 15 is 0 Å². The van der Waals surface area contributed by atoms with Gasteiger partial charge in [0.05, 0.1) is 0 Å². The second-order valence-corrected chi connectivity index (χ2v) is 6.87. The molecule has 2 N–H and O–H groups in total. The molecule has 0 bridgehead atoms. The molecule has 4 nitrogen and oxygen atoms in total. The van der Waals surface area contributed by atoms with Gasteiger partial charge in [-0.1, -0.05) is 64.1 Å². The molecule has 0 heterocycles. The zero-order valence-corrected chi connectivity index (χ0v) is 15.7. The van der Waals surface area contributed by atoms with Crippen molar-refractivity contribution in [1.29, 1.82) is 0 Å². The van der Waals surface area contributed by atoms with Crippen molar-refractivity contribution in [3.63, 3.8) is 0 Å². The molecule has 0 aliphatic rings. The van der Waals surface area contributed by atoms with Crippen LogP contribution in [0.15, 0.2) is 48.5 Å². The van der Waals surface area contributed by atoms with E-state index in [9.17, 15) is 9.59 Å². The van der Waals surface area contributed by atoms with Crippen LogP contribution in [0, 0.1) is 11.8 Å². The first-order valence-corrected chi connectivity index (χ1v) is 8.85. The first-order chi connectivity index (χ1) is 12.3. The molecular formula is C22H26N2O2. The number of anilines is 2. The minimum absolute atomic E-state index is 0.0120. The normalized spacial score (nSPS) is 11.2. The lowest BCUT2D eigenvalue weighted by molar-refractivity contribution is -0.119. The molecule has 0 aromatic heterocycles. The van der Waals surface area contributed by atoms with Crippen LogP contribution >= 0.6 is 0 Å². The summed E-state index contributed by atoms with van der Waals surface area (Å²) in [6.45, 7) is 7.47. The van der Waals surface area contributed by atoms with Crippen LogP contribution in [-0.4, -0.2) is 11.8 Å². The Bertz CT molecular complexity index is 705. The average molecular weight is 350 g/mol. The Morgan fingerprint density at radius 1 is 0.654 bits per heavy atom. The molecule has 0 saturated heterocycles. The predicted octanol–water partition coefficient (Wildman–Crippen LogP) is 5.05. The van der Waals surface area contributed by atoms with Gasteiger partial charge >= 0.3 is 0 Å². The SMILES string of the molecule is CC(C)C(=O)Nc1ccc(/C=C/c2ccc(NC(=O)C(C)C)cc2)cc1. The molecule has 2 aromatic carbocycles. The fourth-order valence-corrected chi connectivity index (χ4v) is 2.12. The Morgan fingerprint density at radius 2 is 0.962 bits per heavy atom. The zero-order valence-electron chi connectivity index (χ0n) is 15.7. The van der Waals surface area contributed by atoms with Gasteiger partial charge in [0, 0.05) is 23.2 Å². The van der Waals surface area contributed by atoms with Crippen molar-refractivity contribution in [2.24, 2.45) is 11.8 Å². The molecule has 0 unspecified atom stereocenters. The molecule has 0 fully saturated rings. The minimum atomic E-state index is -0.0390. The van der Waals surface area contributed by atoms with E-state index in [4.69, 9.17) is 0 Å². The van der Waals surface area contributed by atoms with Gasteiger partial charge in [0.2, 0.25) is 11.8 Å². The Kier molecular flexibility index (Phi) is 6.73. The van der Waals surface area contributed by atoms with Gasteiger partial charge in [-0.25, -0.2) is 0 Å². The molecule has 136 valence electrons. The topological polar surface area (TPSA) is 58.2 Å². The van der Waals surface area contributed by atoms with E-state index in [0.29, 0.717) is 0 Å². The van der Waals surface area contributed by atoms with Crippen LogP contribution in [0.2, 0.25) is 0 Å². The summed E-state index contributed by atoms with van der Waals surface area (Å²) in [7, 11) is 0. The predicted molar refractivity (Wildman–Crippen MR) is 109 cm³/mol. The Balaban J connectivity index is 1.96. The molecule has 2 rings (SSSR count). The maximum atomic E-state index is 11.7. The third kappa shape index (κ3) is 5.88. The number of hydrogen-bond acceptors (Lipinski definition) is 2. The lowest BCUT2D eigenvalue weighted by Crippen LogP contribution is -2.17. The minimum Gasteiger partial charge on any atom is -0.326 e. The van der Waals surface area contributed by atoms with Crippen LogP contribution in [0.1, 0.15) is 38.8 Å². The van der Waals surface area contributed by atoms with Gasteiger partial charge in [0.15, 0.2) is 0 Å². The molecular weight excluding hydrogens is 324 g/mol. The molecule has 0 aliphatic heterocycles. The van der Waals surface area contributed by atoms with Crippen molar-refractivity contribution in [2.45, 2.75) is 27.7 Å². The van der Waals surface area contributed by atoms with Crippen LogP contribution in [-0.2, 0) is 9.59 Å². The standard InChI is InChI=1S/C22H26N2O2/c1-15(2)21(25)23-19-11-7-17(8-12-19)5-6-18-9-13-20(14-10-18)24-22(26)16(3)4/h5-16H,1-4H3,(H,23,25)(H,24,26)/b6-5+. The maximum Gasteiger partial charge on any atom is 0.226 e. The monoisotopic (exact) mass is 350 g/mol. The van der Waals surface area contributed by atoms with E-state index in [1.807, 2.05) is 88.4 Å². The second kappa shape index (κ2) is 8.99. The van der Waals surface area contributed by atoms with E-state index in [1.54, 1.807) is 0 Å². The van der Waals surface area contributed by atoms with E-state index in [-0.39, 0.29) is 23.7 Å². The number of carbonyl (C=O) groups is 2. The smallest absolute Gasteiger partial charge is 0.226 e. The largest absolute Gasteiger partial charge is 0.326 e. The van der Waals surface area contributed by atoms with Gasteiger partial charge in [0.25, 0.3) is 0 Å². The quantitative estimate of drug-likeness (QED) is 0.717. The van der Waals surface area contributed by atoms with Crippen molar-refractivity contribution < 1.29 is 9.59 Å². The van der Waals surface area contributed by atoms with Crippen molar-refractivity contribution in [2.75, 3.05) is 10.6 Å². The Hall–Kier alpha value is -2.88. The summed E-state index contributed by atoms with van der Waals surface area (Å²) in [5.74, 6) is -0.0541. The zero-order chi connectivity index (χ0) is 19.1. The number of rotatable bonds is 6. The molecule has 0 spiro atoms. The van der Waals surface area contributed by atoms with Crippen molar-refractivity contribution >= 4 is 35.3 Å². The Morgan fingerprint density at radius 3 is 1.23 bits per heavy atom. The summed E-state index contributed by atoms with van der Waals surface area (Å²) in [5, 5.41) is 5.75. The number of hydrogen-bond donors (Lipinski definition) is 2. The summed E-state index contributed by atoms with van der Waals surface area (Å²) < 4.78 is 0. The fraction of sp³-hybridized carbons (Fsp3) is 0.273. The summed E-state index contributed by atoms with van der Waals surface area (Å²) >= 11 is 0. The summed E-state index contributed by atoms with van der Waals surface area (Å²) in [5.41, 5.74) is 3.69. The lowest BCUT2D eigenvalue weighted by atomic mass is 10.1. The molecule has 0 atom stereocenters. The van der Waals surface area contributed by atoms with E-state index in [1.165, 1.54) is 0 Å².